The normalized spacial score (nSPS) is 22.6. The van der Waals surface area contributed by atoms with Crippen molar-refractivity contribution in [1.29, 1.82) is 0 Å². The summed E-state index contributed by atoms with van der Waals surface area (Å²) in [6.45, 7) is 7.77. The van der Waals surface area contributed by atoms with Gasteiger partial charge in [0, 0.05) is 25.8 Å². The van der Waals surface area contributed by atoms with Gasteiger partial charge in [-0.1, -0.05) is 12.8 Å². The van der Waals surface area contributed by atoms with Crippen LogP contribution >= 0.6 is 0 Å². The molecular weight excluding hydrogens is 268 g/mol. The van der Waals surface area contributed by atoms with E-state index in [1.165, 1.54) is 12.8 Å². The predicted molar refractivity (Wildman–Crippen MR) is 84.2 cm³/mol. The van der Waals surface area contributed by atoms with Gasteiger partial charge in [0.1, 0.15) is 5.60 Å². The van der Waals surface area contributed by atoms with Gasteiger partial charge < -0.3 is 20.5 Å². The topological polar surface area (TPSA) is 73.6 Å². The molecule has 1 amide bonds. The molecule has 124 valence electrons. The fourth-order valence-electron chi connectivity index (χ4n) is 2.68. The lowest BCUT2D eigenvalue weighted by Crippen LogP contribution is -2.44. The van der Waals surface area contributed by atoms with E-state index in [1.807, 2.05) is 20.8 Å². The molecule has 0 aromatic rings. The molecule has 1 unspecified atom stereocenters. The summed E-state index contributed by atoms with van der Waals surface area (Å²) < 4.78 is 10.8. The highest BCUT2D eigenvalue weighted by molar-refractivity contribution is 5.68. The molecule has 0 bridgehead atoms. The Labute approximate surface area is 128 Å². The van der Waals surface area contributed by atoms with E-state index in [-0.39, 0.29) is 12.1 Å². The average Bonchev–Trinajstić information content (AvgIpc) is 2.49. The quantitative estimate of drug-likeness (QED) is 0.837. The Balaban J connectivity index is 2.41. The third-order valence-corrected chi connectivity index (χ3v) is 3.68. The molecule has 1 fully saturated rings. The zero-order chi connectivity index (χ0) is 15.7. The van der Waals surface area contributed by atoms with Gasteiger partial charge in [0.25, 0.3) is 0 Å². The van der Waals surface area contributed by atoms with Gasteiger partial charge in [0.15, 0.2) is 0 Å². The van der Waals surface area contributed by atoms with Gasteiger partial charge in [-0.05, 0) is 52.4 Å². The smallest absolute Gasteiger partial charge is 0.407 e. The minimum atomic E-state index is -0.473. The minimum absolute atomic E-state index is 0.00785. The van der Waals surface area contributed by atoms with Gasteiger partial charge in [0.05, 0.1) is 0 Å². The van der Waals surface area contributed by atoms with Crippen molar-refractivity contribution in [3.63, 3.8) is 0 Å². The van der Waals surface area contributed by atoms with Crippen molar-refractivity contribution in [3.8, 4) is 0 Å². The average molecular weight is 300 g/mol. The molecule has 1 heterocycles. The second-order valence-corrected chi connectivity index (χ2v) is 6.93. The maximum absolute atomic E-state index is 11.8. The molecule has 1 saturated heterocycles. The molecule has 1 aliphatic heterocycles. The van der Waals surface area contributed by atoms with Crippen LogP contribution in [0.5, 0.6) is 0 Å². The van der Waals surface area contributed by atoms with E-state index in [1.54, 1.807) is 0 Å². The van der Waals surface area contributed by atoms with E-state index in [0.717, 1.165) is 38.9 Å². The third-order valence-electron chi connectivity index (χ3n) is 3.68. The summed E-state index contributed by atoms with van der Waals surface area (Å²) in [5.41, 5.74) is 5.33. The Morgan fingerprint density at radius 2 is 1.95 bits per heavy atom. The molecular formula is C16H32N2O3. The van der Waals surface area contributed by atoms with Gasteiger partial charge in [-0.15, -0.1) is 0 Å². The highest BCUT2D eigenvalue weighted by atomic mass is 16.6. The first-order valence-electron chi connectivity index (χ1n) is 8.18. The molecule has 5 nitrogen and oxygen atoms in total. The summed E-state index contributed by atoms with van der Waals surface area (Å²) in [4.78, 5) is 11.8. The molecule has 21 heavy (non-hydrogen) atoms. The SMILES string of the molecule is CC(C)(C)OC(=O)N[C@H](CN)CC1CCCCOCCC1. The van der Waals surface area contributed by atoms with E-state index in [4.69, 9.17) is 15.2 Å². The van der Waals surface area contributed by atoms with Gasteiger partial charge in [-0.3, -0.25) is 0 Å². The zero-order valence-electron chi connectivity index (χ0n) is 13.8. The lowest BCUT2D eigenvalue weighted by atomic mass is 9.90. The Morgan fingerprint density at radius 1 is 1.29 bits per heavy atom. The third kappa shape index (κ3) is 8.94. The Hall–Kier alpha value is -0.810. The molecule has 0 saturated carbocycles. The number of carbonyl (C=O) groups is 1. The first-order valence-corrected chi connectivity index (χ1v) is 8.18. The van der Waals surface area contributed by atoms with E-state index in [0.29, 0.717) is 12.5 Å². The van der Waals surface area contributed by atoms with Crippen molar-refractivity contribution in [1.82, 2.24) is 5.32 Å². The van der Waals surface area contributed by atoms with Crippen LogP contribution in [0, 0.1) is 5.92 Å². The van der Waals surface area contributed by atoms with Crippen molar-refractivity contribution in [2.75, 3.05) is 19.8 Å². The number of alkyl carbamates (subject to hydrolysis) is 1. The number of nitrogens with two attached hydrogens (primary N) is 1. The highest BCUT2D eigenvalue weighted by Crippen LogP contribution is 2.22. The first-order chi connectivity index (χ1) is 9.90. The number of amides is 1. The van der Waals surface area contributed by atoms with Crippen LogP contribution in [0.2, 0.25) is 0 Å². The summed E-state index contributed by atoms with van der Waals surface area (Å²) in [5.74, 6) is 0.607. The molecule has 0 radical (unpaired) electrons. The maximum Gasteiger partial charge on any atom is 0.407 e. The zero-order valence-corrected chi connectivity index (χ0v) is 13.8. The Morgan fingerprint density at radius 3 is 2.62 bits per heavy atom. The summed E-state index contributed by atoms with van der Waals surface area (Å²) in [6, 6.07) is -0.00785. The molecule has 5 heteroatoms. The molecule has 1 rings (SSSR count). The Kier molecular flexibility index (Phi) is 8.04. The van der Waals surface area contributed by atoms with E-state index in [9.17, 15) is 4.79 Å². The summed E-state index contributed by atoms with van der Waals surface area (Å²) in [7, 11) is 0. The van der Waals surface area contributed by atoms with Crippen molar-refractivity contribution in [3.05, 3.63) is 0 Å². The fourth-order valence-corrected chi connectivity index (χ4v) is 2.68. The van der Waals surface area contributed by atoms with Gasteiger partial charge in [-0.2, -0.15) is 0 Å². The molecule has 0 aliphatic carbocycles. The van der Waals surface area contributed by atoms with Crippen LogP contribution in [0.4, 0.5) is 4.79 Å². The molecule has 0 aromatic carbocycles. The van der Waals surface area contributed by atoms with E-state index >= 15 is 0 Å². The number of hydrogen-bond acceptors (Lipinski definition) is 4. The van der Waals surface area contributed by atoms with Crippen molar-refractivity contribution in [2.45, 2.75) is 70.9 Å². The highest BCUT2D eigenvalue weighted by Gasteiger charge is 2.21. The second-order valence-electron chi connectivity index (χ2n) is 6.93. The molecule has 1 aliphatic rings. The monoisotopic (exact) mass is 300 g/mol. The van der Waals surface area contributed by atoms with Gasteiger partial charge in [-0.25, -0.2) is 4.79 Å². The number of hydrogen-bond donors (Lipinski definition) is 2. The number of carbonyl (C=O) groups excluding carboxylic acids is 1. The molecule has 0 aromatic heterocycles. The summed E-state index contributed by atoms with van der Waals surface area (Å²) in [5, 5.41) is 2.90. The van der Waals surface area contributed by atoms with Crippen LogP contribution in [-0.2, 0) is 9.47 Å². The number of nitrogens with one attached hydrogen (secondary N) is 1. The van der Waals surface area contributed by atoms with Gasteiger partial charge in [0.2, 0.25) is 0 Å². The first kappa shape index (κ1) is 18.2. The summed E-state index contributed by atoms with van der Waals surface area (Å²) in [6.07, 6.45) is 6.30. The van der Waals surface area contributed by atoms with Crippen molar-refractivity contribution >= 4 is 6.09 Å². The largest absolute Gasteiger partial charge is 0.444 e. The van der Waals surface area contributed by atoms with Gasteiger partial charge >= 0.3 is 6.09 Å². The number of ether oxygens (including phenoxy) is 2. The second kappa shape index (κ2) is 9.26. The molecule has 2 atom stereocenters. The van der Waals surface area contributed by atoms with Crippen molar-refractivity contribution < 1.29 is 14.3 Å². The van der Waals surface area contributed by atoms with Crippen LogP contribution in [0.3, 0.4) is 0 Å². The van der Waals surface area contributed by atoms with Crippen LogP contribution in [0.25, 0.3) is 0 Å². The fraction of sp³-hybridized carbons (Fsp3) is 0.938. The van der Waals surface area contributed by atoms with Crippen LogP contribution < -0.4 is 11.1 Å². The van der Waals surface area contributed by atoms with E-state index < -0.39 is 5.60 Å². The predicted octanol–water partition coefficient (Wildman–Crippen LogP) is 2.83. The van der Waals surface area contributed by atoms with Crippen molar-refractivity contribution in [2.24, 2.45) is 11.7 Å². The van der Waals surface area contributed by atoms with Crippen LogP contribution in [0.15, 0.2) is 0 Å². The van der Waals surface area contributed by atoms with Crippen LogP contribution in [-0.4, -0.2) is 37.5 Å². The molecule has 0 spiro atoms. The Bertz CT molecular complexity index is 292. The number of rotatable bonds is 4. The standard InChI is InChI=1S/C16H32N2O3/c1-16(2,3)21-15(19)18-14(12-17)11-13-7-4-5-9-20-10-6-8-13/h13-14H,4-12,17H2,1-3H3,(H,18,19)/t13?,14-/m0/s1. The summed E-state index contributed by atoms with van der Waals surface area (Å²) >= 11 is 0. The maximum atomic E-state index is 11.8. The van der Waals surface area contributed by atoms with Crippen LogP contribution in [0.1, 0.15) is 59.3 Å². The minimum Gasteiger partial charge on any atom is -0.444 e. The molecule has 3 N–H and O–H groups in total. The lowest BCUT2D eigenvalue weighted by molar-refractivity contribution is 0.0498. The van der Waals surface area contributed by atoms with E-state index in [2.05, 4.69) is 5.32 Å². The lowest BCUT2D eigenvalue weighted by Gasteiger charge is -2.25.